The van der Waals surface area contributed by atoms with Crippen LogP contribution in [0.3, 0.4) is 0 Å². The van der Waals surface area contributed by atoms with Crippen molar-refractivity contribution in [3.8, 4) is 0 Å². The van der Waals surface area contributed by atoms with Crippen LogP contribution in [0.1, 0.15) is 67.2 Å². The number of aromatic nitrogens is 2. The van der Waals surface area contributed by atoms with Gasteiger partial charge in [0.15, 0.2) is 0 Å². The van der Waals surface area contributed by atoms with Crippen molar-refractivity contribution in [3.63, 3.8) is 0 Å². The number of nitrogens with zero attached hydrogens (tertiary/aromatic N) is 3. The van der Waals surface area contributed by atoms with E-state index in [0.29, 0.717) is 0 Å². The summed E-state index contributed by atoms with van der Waals surface area (Å²) < 4.78 is 1.95. The van der Waals surface area contributed by atoms with Gasteiger partial charge in [0.05, 0.1) is 11.3 Å². The second-order valence-electron chi connectivity index (χ2n) is 8.37. The van der Waals surface area contributed by atoms with E-state index >= 15 is 0 Å². The quantitative estimate of drug-likeness (QED) is 0.855. The van der Waals surface area contributed by atoms with E-state index in [1.807, 2.05) is 18.5 Å². The van der Waals surface area contributed by atoms with Crippen LogP contribution >= 0.6 is 0 Å². The molecule has 0 radical (unpaired) electrons. The van der Waals surface area contributed by atoms with Crippen LogP contribution in [0.2, 0.25) is 0 Å². The Morgan fingerprint density at radius 2 is 1.70 bits per heavy atom. The van der Waals surface area contributed by atoms with Gasteiger partial charge in [-0.1, -0.05) is 0 Å². The Kier molecular flexibility index (Phi) is 3.37. The first-order chi connectivity index (χ1) is 10.9. The minimum absolute atomic E-state index is 0.124. The molecule has 4 nitrogen and oxygen atoms in total. The first kappa shape index (κ1) is 15.2. The molecule has 0 saturated heterocycles. The summed E-state index contributed by atoms with van der Waals surface area (Å²) in [6.45, 7) is 6.90. The zero-order chi connectivity index (χ0) is 16.4. The van der Waals surface area contributed by atoms with Gasteiger partial charge in [-0.2, -0.15) is 5.10 Å². The fourth-order valence-corrected chi connectivity index (χ4v) is 6.17. The zero-order valence-electron chi connectivity index (χ0n) is 14.9. The Morgan fingerprint density at radius 3 is 2.13 bits per heavy atom. The van der Waals surface area contributed by atoms with Gasteiger partial charge in [-0.25, -0.2) is 0 Å². The summed E-state index contributed by atoms with van der Waals surface area (Å²) in [5.74, 6) is 2.77. The number of hydrogen-bond donors (Lipinski definition) is 0. The first-order valence-corrected chi connectivity index (χ1v) is 9.25. The molecule has 1 amide bonds. The molecule has 1 aromatic rings. The zero-order valence-corrected chi connectivity index (χ0v) is 14.9. The number of amides is 1. The number of rotatable bonds is 3. The predicted octanol–water partition coefficient (Wildman–Crippen LogP) is 3.56. The number of carbonyl (C=O) groups excluding carboxylic acids is 1. The van der Waals surface area contributed by atoms with Crippen LogP contribution in [0.4, 0.5) is 0 Å². The van der Waals surface area contributed by atoms with Crippen molar-refractivity contribution < 1.29 is 4.79 Å². The maximum Gasteiger partial charge on any atom is 0.257 e. The summed E-state index contributed by atoms with van der Waals surface area (Å²) in [6, 6.07) is 0. The second kappa shape index (κ2) is 5.09. The van der Waals surface area contributed by atoms with E-state index in [-0.39, 0.29) is 11.4 Å². The van der Waals surface area contributed by atoms with E-state index in [4.69, 9.17) is 0 Å². The van der Waals surface area contributed by atoms with Gasteiger partial charge in [0.1, 0.15) is 0 Å². The lowest BCUT2D eigenvalue weighted by molar-refractivity contribution is -0.0666. The molecular weight excluding hydrogens is 286 g/mol. The van der Waals surface area contributed by atoms with Crippen molar-refractivity contribution >= 4 is 5.91 Å². The molecule has 4 saturated carbocycles. The third-order valence-electron chi connectivity index (χ3n) is 6.92. The van der Waals surface area contributed by atoms with E-state index in [0.717, 1.165) is 41.2 Å². The lowest BCUT2D eigenvalue weighted by Crippen LogP contribution is -2.60. The maximum absolute atomic E-state index is 13.3. The first-order valence-electron chi connectivity index (χ1n) is 9.25. The normalized spacial score (nSPS) is 34.9. The topological polar surface area (TPSA) is 38.1 Å². The number of carbonyl (C=O) groups is 1. The van der Waals surface area contributed by atoms with Crippen LogP contribution in [0.15, 0.2) is 0 Å². The van der Waals surface area contributed by atoms with Crippen LogP contribution in [-0.4, -0.2) is 33.2 Å². The molecule has 5 rings (SSSR count). The van der Waals surface area contributed by atoms with Gasteiger partial charge < -0.3 is 4.90 Å². The van der Waals surface area contributed by atoms with E-state index in [1.54, 1.807) is 0 Å². The molecule has 0 N–H and O–H groups in total. The van der Waals surface area contributed by atoms with Crippen LogP contribution in [0.25, 0.3) is 0 Å². The number of aryl methyl sites for hydroxylation is 2. The lowest BCUT2D eigenvalue weighted by atomic mass is 9.52. The van der Waals surface area contributed by atoms with E-state index in [1.165, 1.54) is 38.5 Å². The van der Waals surface area contributed by atoms with Gasteiger partial charge in [0, 0.05) is 24.8 Å². The summed E-state index contributed by atoms with van der Waals surface area (Å²) >= 11 is 0. The molecule has 4 aliphatic carbocycles. The molecule has 0 spiro atoms. The average molecular weight is 315 g/mol. The molecule has 0 atom stereocenters. The molecule has 4 aliphatic rings. The van der Waals surface area contributed by atoms with Crippen molar-refractivity contribution in [1.29, 1.82) is 0 Å². The van der Waals surface area contributed by atoms with Crippen molar-refractivity contribution in [2.45, 2.75) is 71.4 Å². The summed E-state index contributed by atoms with van der Waals surface area (Å²) in [5.41, 5.74) is 2.86. The summed E-state index contributed by atoms with van der Waals surface area (Å²) in [6.07, 6.45) is 7.90. The highest BCUT2D eigenvalue weighted by molar-refractivity contribution is 5.96. The Hall–Kier alpha value is -1.32. The molecule has 126 valence electrons. The van der Waals surface area contributed by atoms with Crippen LogP contribution in [0, 0.1) is 31.6 Å². The van der Waals surface area contributed by atoms with Crippen molar-refractivity contribution in [2.75, 3.05) is 7.05 Å². The summed E-state index contributed by atoms with van der Waals surface area (Å²) in [5, 5.41) is 4.55. The van der Waals surface area contributed by atoms with Gasteiger partial charge in [-0.05, 0) is 77.0 Å². The highest BCUT2D eigenvalue weighted by Crippen LogP contribution is 2.57. The average Bonchev–Trinajstić information content (AvgIpc) is 2.78. The van der Waals surface area contributed by atoms with Gasteiger partial charge in [0.25, 0.3) is 5.91 Å². The second-order valence-corrected chi connectivity index (χ2v) is 8.37. The fourth-order valence-electron chi connectivity index (χ4n) is 6.17. The van der Waals surface area contributed by atoms with Crippen molar-refractivity contribution in [2.24, 2.45) is 17.8 Å². The van der Waals surface area contributed by atoms with Crippen LogP contribution in [-0.2, 0) is 6.54 Å². The highest BCUT2D eigenvalue weighted by atomic mass is 16.2. The molecule has 0 aliphatic heterocycles. The fraction of sp³-hybridized carbons (Fsp3) is 0.789. The minimum Gasteiger partial charge on any atom is -0.336 e. The molecule has 4 fully saturated rings. The van der Waals surface area contributed by atoms with Crippen molar-refractivity contribution in [3.05, 3.63) is 17.0 Å². The van der Waals surface area contributed by atoms with Crippen molar-refractivity contribution in [1.82, 2.24) is 14.7 Å². The van der Waals surface area contributed by atoms with Gasteiger partial charge >= 0.3 is 0 Å². The van der Waals surface area contributed by atoms with E-state index in [2.05, 4.69) is 24.0 Å². The molecule has 4 heteroatoms. The monoisotopic (exact) mass is 315 g/mol. The predicted molar refractivity (Wildman–Crippen MR) is 90.4 cm³/mol. The van der Waals surface area contributed by atoms with Crippen LogP contribution in [0.5, 0.6) is 0 Å². The largest absolute Gasteiger partial charge is 0.336 e. The molecule has 0 aromatic carbocycles. The van der Waals surface area contributed by atoms with Gasteiger partial charge in [-0.3, -0.25) is 9.48 Å². The molecule has 1 aromatic heterocycles. The Bertz CT molecular complexity index is 610. The molecular formula is C19H29N3O. The lowest BCUT2D eigenvalue weighted by Gasteiger charge is -2.59. The van der Waals surface area contributed by atoms with Gasteiger partial charge in [-0.15, -0.1) is 0 Å². The molecule has 0 unspecified atom stereocenters. The summed E-state index contributed by atoms with van der Waals surface area (Å²) in [4.78, 5) is 15.4. The SMILES string of the molecule is CCn1nc(C)c(C(=O)N(C)C23CC4CC(CC(C4)C2)C3)c1C. The standard InChI is InChI=1S/C19H29N3O/c1-5-22-13(3)17(12(2)20-22)18(23)21(4)19-9-14-6-15(10-19)8-16(7-14)11-19/h14-16H,5-11H2,1-4H3. The molecule has 1 heterocycles. The molecule has 23 heavy (non-hydrogen) atoms. The third-order valence-corrected chi connectivity index (χ3v) is 6.92. The number of hydrogen-bond acceptors (Lipinski definition) is 2. The van der Waals surface area contributed by atoms with Gasteiger partial charge in [0.2, 0.25) is 0 Å². The Morgan fingerprint density at radius 1 is 1.17 bits per heavy atom. The smallest absolute Gasteiger partial charge is 0.257 e. The van der Waals surface area contributed by atoms with Crippen LogP contribution < -0.4 is 0 Å². The Labute approximate surface area is 139 Å². The van der Waals surface area contributed by atoms with E-state index in [9.17, 15) is 4.79 Å². The summed E-state index contributed by atoms with van der Waals surface area (Å²) in [7, 11) is 2.05. The molecule has 4 bridgehead atoms. The van der Waals surface area contributed by atoms with E-state index < -0.39 is 0 Å². The minimum atomic E-state index is 0.124. The Balaban J connectivity index is 1.65. The highest BCUT2D eigenvalue weighted by Gasteiger charge is 2.54. The third kappa shape index (κ3) is 2.17. The maximum atomic E-state index is 13.3.